The Kier molecular flexibility index (Phi) is 3.09. The lowest BCUT2D eigenvalue weighted by Crippen LogP contribution is -2.63. The maximum absolute atomic E-state index is 5.84. The van der Waals surface area contributed by atoms with E-state index in [0.29, 0.717) is 18.1 Å². The third kappa shape index (κ3) is 1.86. The minimum Gasteiger partial charge on any atom is -0.381 e. The monoisotopic (exact) mass is 357 g/mol. The van der Waals surface area contributed by atoms with Crippen LogP contribution in [-0.4, -0.2) is 18.8 Å². The predicted octanol–water partition coefficient (Wildman–Crippen LogP) is 3.83. The number of benzene rings is 1. The highest BCUT2D eigenvalue weighted by atomic mass is 127. The minimum atomic E-state index is 0.248. The van der Waals surface area contributed by atoms with Gasteiger partial charge < -0.3 is 10.1 Å². The van der Waals surface area contributed by atoms with Crippen molar-refractivity contribution in [2.45, 2.75) is 39.3 Å². The largest absolute Gasteiger partial charge is 0.381 e. The molecule has 98 valence electrons. The lowest BCUT2D eigenvalue weighted by atomic mass is 9.57. The maximum atomic E-state index is 5.84. The van der Waals surface area contributed by atoms with Gasteiger partial charge in [0.15, 0.2) is 0 Å². The molecule has 1 aliphatic heterocycles. The molecule has 1 N–H and O–H groups in total. The molecule has 0 spiro atoms. The Morgan fingerprint density at radius 2 is 2.17 bits per heavy atom. The molecular weight excluding hydrogens is 337 g/mol. The van der Waals surface area contributed by atoms with Crippen molar-refractivity contribution in [1.29, 1.82) is 0 Å². The number of halogens is 1. The molecule has 2 aliphatic rings. The summed E-state index contributed by atoms with van der Waals surface area (Å²) in [5.74, 6) is 0.693. The van der Waals surface area contributed by atoms with E-state index in [2.05, 4.69) is 66.9 Å². The first-order chi connectivity index (χ1) is 8.50. The molecule has 0 radical (unpaired) electrons. The number of hydrogen-bond donors (Lipinski definition) is 1. The normalized spacial score (nSPS) is 32.8. The van der Waals surface area contributed by atoms with Crippen LogP contribution in [0.3, 0.4) is 0 Å². The second kappa shape index (κ2) is 4.37. The fraction of sp³-hybridized carbons (Fsp3) is 0.600. The van der Waals surface area contributed by atoms with Gasteiger partial charge in [0.2, 0.25) is 0 Å². The van der Waals surface area contributed by atoms with Crippen molar-refractivity contribution in [3.8, 4) is 0 Å². The summed E-state index contributed by atoms with van der Waals surface area (Å²) in [5.41, 5.74) is 2.84. The highest BCUT2D eigenvalue weighted by Crippen LogP contribution is 2.53. The molecule has 1 aromatic carbocycles. The number of anilines is 1. The molecule has 1 heterocycles. The molecule has 0 amide bonds. The standard InChI is InChI=1S/C15H20INO/c1-9-4-5-10(8-12(9)16)17-13-11-6-7-18-14(11)15(13,2)3/h4-5,8,11,13-14,17H,6-7H2,1-3H3. The Morgan fingerprint density at radius 3 is 2.89 bits per heavy atom. The SMILES string of the molecule is Cc1ccc(NC2C3CCOC3C2(C)C)cc1I. The summed E-state index contributed by atoms with van der Waals surface area (Å²) < 4.78 is 7.16. The first-order valence-corrected chi connectivity index (χ1v) is 7.72. The van der Waals surface area contributed by atoms with E-state index in [-0.39, 0.29) is 5.41 Å². The van der Waals surface area contributed by atoms with Gasteiger partial charge in [0.05, 0.1) is 6.10 Å². The zero-order valence-corrected chi connectivity index (χ0v) is 13.3. The van der Waals surface area contributed by atoms with E-state index in [4.69, 9.17) is 4.74 Å². The number of rotatable bonds is 2. The Hall–Kier alpha value is -0.290. The van der Waals surface area contributed by atoms with Crippen LogP contribution < -0.4 is 5.32 Å². The lowest BCUT2D eigenvalue weighted by Gasteiger charge is -2.55. The molecule has 3 unspecified atom stereocenters. The van der Waals surface area contributed by atoms with Crippen LogP contribution in [0.1, 0.15) is 25.8 Å². The Labute approximate surface area is 123 Å². The van der Waals surface area contributed by atoms with E-state index in [9.17, 15) is 0 Å². The van der Waals surface area contributed by atoms with Crippen LogP contribution in [0.2, 0.25) is 0 Å². The van der Waals surface area contributed by atoms with Crippen molar-refractivity contribution in [3.63, 3.8) is 0 Å². The lowest BCUT2D eigenvalue weighted by molar-refractivity contribution is -0.0923. The predicted molar refractivity (Wildman–Crippen MR) is 82.9 cm³/mol. The van der Waals surface area contributed by atoms with Crippen LogP contribution in [0.25, 0.3) is 0 Å². The first-order valence-electron chi connectivity index (χ1n) is 6.64. The summed E-state index contributed by atoms with van der Waals surface area (Å²) in [4.78, 5) is 0. The van der Waals surface area contributed by atoms with Gasteiger partial charge in [-0.3, -0.25) is 0 Å². The third-order valence-corrected chi connectivity index (χ3v) is 5.76. The third-order valence-electron chi connectivity index (χ3n) is 4.59. The van der Waals surface area contributed by atoms with Crippen molar-refractivity contribution >= 4 is 28.3 Å². The summed E-state index contributed by atoms with van der Waals surface area (Å²) in [5, 5.41) is 3.72. The molecular formula is C15H20INO. The van der Waals surface area contributed by atoms with Crippen LogP contribution >= 0.6 is 22.6 Å². The van der Waals surface area contributed by atoms with Gasteiger partial charge in [-0.1, -0.05) is 19.9 Å². The molecule has 3 rings (SSSR count). The Bertz CT molecular complexity index is 472. The van der Waals surface area contributed by atoms with Crippen LogP contribution in [0.5, 0.6) is 0 Å². The highest BCUT2D eigenvalue weighted by Gasteiger charge is 2.59. The number of nitrogens with one attached hydrogen (secondary N) is 1. The second-order valence-electron chi connectivity index (χ2n) is 6.15. The number of hydrogen-bond acceptors (Lipinski definition) is 2. The van der Waals surface area contributed by atoms with Crippen LogP contribution in [0, 0.1) is 21.8 Å². The van der Waals surface area contributed by atoms with E-state index < -0.39 is 0 Å². The van der Waals surface area contributed by atoms with Gasteiger partial charge in [0, 0.05) is 33.2 Å². The van der Waals surface area contributed by atoms with Gasteiger partial charge in [-0.15, -0.1) is 0 Å². The molecule has 1 aliphatic carbocycles. The second-order valence-corrected chi connectivity index (χ2v) is 7.31. The molecule has 3 atom stereocenters. The molecule has 18 heavy (non-hydrogen) atoms. The molecule has 3 heteroatoms. The van der Waals surface area contributed by atoms with Gasteiger partial charge in [-0.25, -0.2) is 0 Å². The zero-order chi connectivity index (χ0) is 12.9. The molecule has 1 aromatic rings. The van der Waals surface area contributed by atoms with Crippen LogP contribution in [0.15, 0.2) is 18.2 Å². The maximum Gasteiger partial charge on any atom is 0.0694 e. The summed E-state index contributed by atoms with van der Waals surface area (Å²) >= 11 is 2.40. The van der Waals surface area contributed by atoms with Gasteiger partial charge in [-0.2, -0.15) is 0 Å². The quantitative estimate of drug-likeness (QED) is 0.813. The molecule has 0 bridgehead atoms. The fourth-order valence-corrected chi connectivity index (χ4v) is 3.99. The molecule has 0 aromatic heterocycles. The van der Waals surface area contributed by atoms with Gasteiger partial charge in [-0.05, 0) is 53.6 Å². The molecule has 2 fully saturated rings. The number of aryl methyl sites for hydroxylation is 1. The summed E-state index contributed by atoms with van der Waals surface area (Å²) in [6.07, 6.45) is 1.66. The van der Waals surface area contributed by atoms with E-state index in [1.54, 1.807) is 0 Å². The molecule has 1 saturated heterocycles. The number of fused-ring (bicyclic) bond motifs is 1. The highest BCUT2D eigenvalue weighted by molar-refractivity contribution is 14.1. The van der Waals surface area contributed by atoms with Crippen molar-refractivity contribution in [2.75, 3.05) is 11.9 Å². The van der Waals surface area contributed by atoms with E-state index in [1.165, 1.54) is 21.2 Å². The summed E-state index contributed by atoms with van der Waals surface area (Å²) in [7, 11) is 0. The van der Waals surface area contributed by atoms with Crippen molar-refractivity contribution in [1.82, 2.24) is 0 Å². The first kappa shape index (κ1) is 12.7. The number of ether oxygens (including phenoxy) is 1. The van der Waals surface area contributed by atoms with Crippen molar-refractivity contribution in [3.05, 3.63) is 27.3 Å². The summed E-state index contributed by atoms with van der Waals surface area (Å²) in [6.45, 7) is 7.72. The fourth-order valence-electron chi connectivity index (χ4n) is 3.48. The zero-order valence-electron chi connectivity index (χ0n) is 11.2. The average Bonchev–Trinajstić information content (AvgIpc) is 2.77. The topological polar surface area (TPSA) is 21.3 Å². The Balaban J connectivity index is 1.78. The molecule has 2 nitrogen and oxygen atoms in total. The van der Waals surface area contributed by atoms with Crippen molar-refractivity contribution < 1.29 is 4.74 Å². The van der Waals surface area contributed by atoms with Gasteiger partial charge >= 0.3 is 0 Å². The Morgan fingerprint density at radius 1 is 1.39 bits per heavy atom. The van der Waals surface area contributed by atoms with Crippen LogP contribution in [-0.2, 0) is 4.74 Å². The van der Waals surface area contributed by atoms with Gasteiger partial charge in [0.25, 0.3) is 0 Å². The average molecular weight is 357 g/mol. The van der Waals surface area contributed by atoms with Crippen LogP contribution in [0.4, 0.5) is 5.69 Å². The summed E-state index contributed by atoms with van der Waals surface area (Å²) in [6, 6.07) is 7.17. The van der Waals surface area contributed by atoms with Crippen molar-refractivity contribution in [2.24, 2.45) is 11.3 Å². The van der Waals surface area contributed by atoms with E-state index in [0.717, 1.165) is 6.61 Å². The van der Waals surface area contributed by atoms with E-state index >= 15 is 0 Å². The minimum absolute atomic E-state index is 0.248. The molecule has 1 saturated carbocycles. The smallest absolute Gasteiger partial charge is 0.0694 e. The van der Waals surface area contributed by atoms with E-state index in [1.807, 2.05) is 0 Å². The van der Waals surface area contributed by atoms with Gasteiger partial charge in [0.1, 0.15) is 0 Å².